The quantitative estimate of drug-likeness (QED) is 0.573. The molecule has 5 heteroatoms. The number of benzene rings is 2. The Hall–Kier alpha value is -2.66. The van der Waals surface area contributed by atoms with Crippen molar-refractivity contribution in [3.63, 3.8) is 0 Å². The number of carbonyl (C=O) groups is 1. The second-order valence-electron chi connectivity index (χ2n) is 6.81. The first kappa shape index (κ1) is 17.7. The minimum Gasteiger partial charge on any atom is -0.460 e. The molecule has 27 heavy (non-hydrogen) atoms. The van der Waals surface area contributed by atoms with E-state index in [1.165, 1.54) is 12.1 Å². The van der Waals surface area contributed by atoms with E-state index in [-0.39, 0.29) is 25.1 Å². The highest BCUT2D eigenvalue weighted by molar-refractivity contribution is 5.73. The average molecular weight is 368 g/mol. The van der Waals surface area contributed by atoms with Crippen LogP contribution in [0.3, 0.4) is 0 Å². The molecule has 0 bridgehead atoms. The lowest BCUT2D eigenvalue weighted by molar-refractivity contribution is -0.150. The molecule has 2 aromatic rings. The maximum absolute atomic E-state index is 14.0. The molecule has 0 unspecified atom stereocenters. The topological polar surface area (TPSA) is 44.8 Å². The largest absolute Gasteiger partial charge is 0.460 e. The first-order chi connectivity index (χ1) is 13.2. The summed E-state index contributed by atoms with van der Waals surface area (Å²) in [6.07, 6.45) is 5.88. The predicted octanol–water partition coefficient (Wildman–Crippen LogP) is 4.83. The lowest BCUT2D eigenvalue weighted by Crippen LogP contribution is -2.21. The standard InChI is InChI=1S/C22H21FO4/c23-19-11-17(13-25-21(24)15-7-3-1-4-8-15)20-18(12-19)14-26-22(27-20)16-9-5-2-6-10-16/h1-3,5-6,9-12,15,22H,4,7-8,13-14H2/t15-,22-/m0/s1. The highest BCUT2D eigenvalue weighted by atomic mass is 19.1. The van der Waals surface area contributed by atoms with Crippen molar-refractivity contribution in [3.8, 4) is 5.75 Å². The summed E-state index contributed by atoms with van der Waals surface area (Å²) in [5.41, 5.74) is 2.02. The van der Waals surface area contributed by atoms with Gasteiger partial charge in [0.1, 0.15) is 18.2 Å². The molecule has 1 aliphatic carbocycles. The average Bonchev–Trinajstić information content (AvgIpc) is 2.72. The zero-order chi connectivity index (χ0) is 18.6. The Balaban J connectivity index is 1.51. The molecule has 140 valence electrons. The summed E-state index contributed by atoms with van der Waals surface area (Å²) in [4.78, 5) is 12.3. The van der Waals surface area contributed by atoms with E-state index in [2.05, 4.69) is 6.08 Å². The number of hydrogen-bond acceptors (Lipinski definition) is 4. The van der Waals surface area contributed by atoms with Gasteiger partial charge in [-0.25, -0.2) is 4.39 Å². The van der Waals surface area contributed by atoms with Gasteiger partial charge in [-0.1, -0.05) is 42.5 Å². The van der Waals surface area contributed by atoms with Gasteiger partial charge in [-0.15, -0.1) is 0 Å². The Kier molecular flexibility index (Phi) is 5.21. The molecular formula is C22H21FO4. The molecule has 0 saturated heterocycles. The Bertz CT molecular complexity index is 847. The molecule has 2 aliphatic rings. The van der Waals surface area contributed by atoms with Crippen molar-refractivity contribution in [1.82, 2.24) is 0 Å². The normalized spacial score (nSPS) is 21.2. The van der Waals surface area contributed by atoms with Crippen molar-refractivity contribution in [2.75, 3.05) is 0 Å². The molecule has 0 spiro atoms. The summed E-state index contributed by atoms with van der Waals surface area (Å²) in [6, 6.07) is 12.3. The van der Waals surface area contributed by atoms with Gasteiger partial charge in [-0.05, 0) is 31.4 Å². The van der Waals surface area contributed by atoms with Crippen molar-refractivity contribution in [1.29, 1.82) is 0 Å². The number of fused-ring (bicyclic) bond motifs is 1. The summed E-state index contributed by atoms with van der Waals surface area (Å²) in [7, 11) is 0. The fourth-order valence-corrected chi connectivity index (χ4v) is 3.43. The Morgan fingerprint density at radius 2 is 2.04 bits per heavy atom. The zero-order valence-electron chi connectivity index (χ0n) is 14.9. The molecule has 0 radical (unpaired) electrons. The van der Waals surface area contributed by atoms with E-state index in [1.807, 2.05) is 36.4 Å². The fourth-order valence-electron chi connectivity index (χ4n) is 3.43. The number of esters is 1. The first-order valence-electron chi connectivity index (χ1n) is 9.17. The van der Waals surface area contributed by atoms with Gasteiger partial charge in [-0.2, -0.15) is 0 Å². The molecule has 0 saturated carbocycles. The molecule has 2 aromatic carbocycles. The highest BCUT2D eigenvalue weighted by Crippen LogP contribution is 2.37. The van der Waals surface area contributed by atoms with Crippen LogP contribution in [0.1, 0.15) is 42.2 Å². The van der Waals surface area contributed by atoms with Gasteiger partial charge in [0.05, 0.1) is 12.5 Å². The molecule has 0 aromatic heterocycles. The second kappa shape index (κ2) is 7.92. The monoisotopic (exact) mass is 368 g/mol. The fraction of sp³-hybridized carbons (Fsp3) is 0.318. The number of carbonyl (C=O) groups excluding carboxylic acids is 1. The van der Waals surface area contributed by atoms with Crippen LogP contribution in [-0.2, 0) is 27.5 Å². The van der Waals surface area contributed by atoms with Crippen LogP contribution < -0.4 is 4.74 Å². The third-order valence-corrected chi connectivity index (χ3v) is 4.87. The third kappa shape index (κ3) is 4.03. The van der Waals surface area contributed by atoms with Gasteiger partial charge in [-0.3, -0.25) is 4.79 Å². The van der Waals surface area contributed by atoms with Crippen LogP contribution in [-0.4, -0.2) is 5.97 Å². The summed E-state index contributed by atoms with van der Waals surface area (Å²) >= 11 is 0. The summed E-state index contributed by atoms with van der Waals surface area (Å²) in [5, 5.41) is 0. The molecule has 4 rings (SSSR count). The van der Waals surface area contributed by atoms with Crippen LogP contribution in [0.4, 0.5) is 4.39 Å². The van der Waals surface area contributed by atoms with Crippen LogP contribution in [0, 0.1) is 11.7 Å². The maximum Gasteiger partial charge on any atom is 0.309 e. The van der Waals surface area contributed by atoms with Gasteiger partial charge in [0.25, 0.3) is 0 Å². The molecule has 0 N–H and O–H groups in total. The Labute approximate surface area is 157 Å². The minimum atomic E-state index is -0.568. The van der Waals surface area contributed by atoms with Gasteiger partial charge in [0, 0.05) is 16.7 Å². The molecule has 1 heterocycles. The van der Waals surface area contributed by atoms with Gasteiger partial charge >= 0.3 is 5.97 Å². The Morgan fingerprint density at radius 3 is 2.81 bits per heavy atom. The van der Waals surface area contributed by atoms with Crippen molar-refractivity contribution >= 4 is 5.97 Å². The van der Waals surface area contributed by atoms with E-state index in [1.54, 1.807) is 0 Å². The summed E-state index contributed by atoms with van der Waals surface area (Å²) in [6.45, 7) is 0.224. The zero-order valence-corrected chi connectivity index (χ0v) is 14.9. The summed E-state index contributed by atoms with van der Waals surface area (Å²) in [5.74, 6) is -0.233. The van der Waals surface area contributed by atoms with Crippen LogP contribution in [0.5, 0.6) is 5.75 Å². The maximum atomic E-state index is 14.0. The smallest absolute Gasteiger partial charge is 0.309 e. The van der Waals surface area contributed by atoms with E-state index in [9.17, 15) is 9.18 Å². The van der Waals surface area contributed by atoms with Crippen molar-refractivity contribution in [3.05, 3.63) is 77.1 Å². The molecule has 2 atom stereocenters. The van der Waals surface area contributed by atoms with E-state index >= 15 is 0 Å². The van der Waals surface area contributed by atoms with E-state index < -0.39 is 12.1 Å². The Morgan fingerprint density at radius 1 is 1.19 bits per heavy atom. The van der Waals surface area contributed by atoms with E-state index in [0.29, 0.717) is 23.3 Å². The van der Waals surface area contributed by atoms with Crippen LogP contribution in [0.15, 0.2) is 54.6 Å². The second-order valence-corrected chi connectivity index (χ2v) is 6.81. The SMILES string of the molecule is O=C(OCc1cc(F)cc2c1O[C@@H](c1ccccc1)OC2)[C@H]1CC=CCC1. The third-order valence-electron chi connectivity index (χ3n) is 4.87. The molecule has 0 amide bonds. The number of rotatable bonds is 4. The van der Waals surface area contributed by atoms with Gasteiger partial charge in [0.2, 0.25) is 6.29 Å². The first-order valence-corrected chi connectivity index (χ1v) is 9.17. The van der Waals surface area contributed by atoms with Crippen LogP contribution in [0.2, 0.25) is 0 Å². The summed E-state index contributed by atoms with van der Waals surface area (Å²) < 4.78 is 31.2. The van der Waals surface area contributed by atoms with E-state index in [0.717, 1.165) is 18.4 Å². The molecule has 0 fully saturated rings. The lowest BCUT2D eigenvalue weighted by Gasteiger charge is -2.28. The van der Waals surface area contributed by atoms with E-state index in [4.69, 9.17) is 14.2 Å². The number of allylic oxidation sites excluding steroid dienone is 2. The minimum absolute atomic E-state index is 0.0132. The van der Waals surface area contributed by atoms with Crippen LogP contribution >= 0.6 is 0 Å². The molecule has 4 nitrogen and oxygen atoms in total. The van der Waals surface area contributed by atoms with Crippen molar-refractivity contribution in [2.24, 2.45) is 5.92 Å². The predicted molar refractivity (Wildman–Crippen MR) is 97.3 cm³/mol. The van der Waals surface area contributed by atoms with Crippen molar-refractivity contribution < 1.29 is 23.4 Å². The van der Waals surface area contributed by atoms with Crippen molar-refractivity contribution in [2.45, 2.75) is 38.8 Å². The molecular weight excluding hydrogens is 347 g/mol. The van der Waals surface area contributed by atoms with Gasteiger partial charge in [0.15, 0.2) is 0 Å². The molecule has 1 aliphatic heterocycles. The number of ether oxygens (including phenoxy) is 3. The van der Waals surface area contributed by atoms with Crippen LogP contribution in [0.25, 0.3) is 0 Å². The highest BCUT2D eigenvalue weighted by Gasteiger charge is 2.26. The lowest BCUT2D eigenvalue weighted by atomic mass is 9.95. The van der Waals surface area contributed by atoms with Gasteiger partial charge < -0.3 is 14.2 Å². The number of halogens is 1. The number of hydrogen-bond donors (Lipinski definition) is 0.